The van der Waals surface area contributed by atoms with Crippen molar-refractivity contribution in [2.75, 3.05) is 12.4 Å². The van der Waals surface area contributed by atoms with Gasteiger partial charge in [-0.15, -0.1) is 0 Å². The average Bonchev–Trinajstić information content (AvgIpc) is 3.11. The number of halogens is 2. The van der Waals surface area contributed by atoms with Crippen molar-refractivity contribution in [3.05, 3.63) is 75.0 Å². The first-order valence-electron chi connectivity index (χ1n) is 10.3. The molecule has 1 aliphatic carbocycles. The van der Waals surface area contributed by atoms with Crippen LogP contribution in [0.3, 0.4) is 0 Å². The first-order valence-corrected chi connectivity index (χ1v) is 11.0. The number of ether oxygens (including phenoxy) is 1. The van der Waals surface area contributed by atoms with Gasteiger partial charge in [0, 0.05) is 24.1 Å². The summed E-state index contributed by atoms with van der Waals surface area (Å²) in [4.78, 5) is 9.96. The summed E-state index contributed by atoms with van der Waals surface area (Å²) in [7, 11) is 1.76. The largest absolute Gasteiger partial charge is 0.379 e. The van der Waals surface area contributed by atoms with Crippen molar-refractivity contribution in [3.63, 3.8) is 0 Å². The van der Waals surface area contributed by atoms with Gasteiger partial charge < -0.3 is 10.1 Å². The number of nitrogens with one attached hydrogen (secondary N) is 1. The van der Waals surface area contributed by atoms with E-state index in [1.165, 1.54) is 11.1 Å². The first-order chi connectivity index (χ1) is 14.5. The van der Waals surface area contributed by atoms with E-state index < -0.39 is 0 Å². The number of hydrogen-bond donors (Lipinski definition) is 1. The Bertz CT molecular complexity index is 1070. The molecule has 0 bridgehead atoms. The molecule has 1 aromatic heterocycles. The van der Waals surface area contributed by atoms with E-state index >= 15 is 0 Å². The molecule has 0 saturated heterocycles. The average molecular weight is 442 g/mol. The molecule has 0 radical (unpaired) electrons. The lowest BCUT2D eigenvalue weighted by atomic mass is 10.1. The molecule has 6 heteroatoms. The summed E-state index contributed by atoms with van der Waals surface area (Å²) in [6.45, 7) is 4.17. The maximum Gasteiger partial charge on any atom is 0.148 e. The van der Waals surface area contributed by atoms with Crippen LogP contribution in [0, 0.1) is 0 Å². The van der Waals surface area contributed by atoms with Gasteiger partial charge in [0.05, 0.1) is 34.3 Å². The molecule has 1 N–H and O–H groups in total. The second kappa shape index (κ2) is 8.93. The van der Waals surface area contributed by atoms with Crippen LogP contribution in [-0.2, 0) is 24.0 Å². The molecule has 0 spiro atoms. The highest BCUT2D eigenvalue weighted by molar-refractivity contribution is 6.36. The number of rotatable bonds is 6. The molecule has 1 heterocycles. The minimum absolute atomic E-state index is 0.0421. The van der Waals surface area contributed by atoms with Crippen LogP contribution >= 0.6 is 23.2 Å². The van der Waals surface area contributed by atoms with Crippen LogP contribution in [0.15, 0.2) is 42.5 Å². The van der Waals surface area contributed by atoms with Crippen molar-refractivity contribution in [3.8, 4) is 11.3 Å². The van der Waals surface area contributed by atoms with Gasteiger partial charge in [-0.25, -0.2) is 9.97 Å². The molecule has 1 unspecified atom stereocenters. The monoisotopic (exact) mass is 441 g/mol. The highest BCUT2D eigenvalue weighted by Gasteiger charge is 2.33. The van der Waals surface area contributed by atoms with Gasteiger partial charge >= 0.3 is 0 Å². The molecule has 0 aliphatic heterocycles. The third-order valence-electron chi connectivity index (χ3n) is 5.67. The Morgan fingerprint density at radius 3 is 2.50 bits per heavy atom. The van der Waals surface area contributed by atoms with E-state index in [1.807, 2.05) is 12.1 Å². The second-order valence-corrected chi connectivity index (χ2v) is 8.29. The normalized spacial score (nSPS) is 17.8. The van der Waals surface area contributed by atoms with Gasteiger partial charge in [0.15, 0.2) is 0 Å². The van der Waals surface area contributed by atoms with Crippen molar-refractivity contribution in [2.45, 2.75) is 45.3 Å². The van der Waals surface area contributed by atoms with Crippen molar-refractivity contribution in [1.29, 1.82) is 0 Å². The lowest BCUT2D eigenvalue weighted by molar-refractivity contribution is 0.0959. The molecule has 0 fully saturated rings. The molecule has 156 valence electrons. The molecule has 3 aromatic rings. The Morgan fingerprint density at radius 2 is 1.80 bits per heavy atom. The predicted molar refractivity (Wildman–Crippen MR) is 124 cm³/mol. The number of hydrogen-bond acceptors (Lipinski definition) is 4. The number of nitrogens with zero attached hydrogens (tertiary/aromatic N) is 2. The molecule has 4 nitrogen and oxygen atoms in total. The van der Waals surface area contributed by atoms with Crippen molar-refractivity contribution in [1.82, 2.24) is 9.97 Å². The molecule has 0 amide bonds. The van der Waals surface area contributed by atoms with Gasteiger partial charge in [-0.1, -0.05) is 61.3 Å². The maximum absolute atomic E-state index is 6.48. The summed E-state index contributed by atoms with van der Waals surface area (Å²) >= 11 is 12.6. The van der Waals surface area contributed by atoms with Gasteiger partial charge in [-0.05, 0) is 42.2 Å². The molecular formula is C24H25Cl2N3O. The fourth-order valence-corrected chi connectivity index (χ4v) is 4.60. The fourth-order valence-electron chi connectivity index (χ4n) is 4.11. The lowest BCUT2D eigenvalue weighted by Crippen LogP contribution is -2.25. The van der Waals surface area contributed by atoms with Crippen molar-refractivity contribution < 1.29 is 4.74 Å². The van der Waals surface area contributed by atoms with Gasteiger partial charge in [0.1, 0.15) is 5.82 Å². The zero-order chi connectivity index (χ0) is 21.3. The van der Waals surface area contributed by atoms with Gasteiger partial charge in [-0.3, -0.25) is 0 Å². The van der Waals surface area contributed by atoms with Crippen LogP contribution in [0.1, 0.15) is 42.4 Å². The number of fused-ring (bicyclic) bond motifs is 1. The van der Waals surface area contributed by atoms with Crippen molar-refractivity contribution in [2.24, 2.45) is 0 Å². The summed E-state index contributed by atoms with van der Waals surface area (Å²) in [5.74, 6) is 0.812. The number of methoxy groups -OCH3 is 1. The predicted octanol–water partition coefficient (Wildman–Crippen LogP) is 6.30. The van der Waals surface area contributed by atoms with Gasteiger partial charge in [-0.2, -0.15) is 0 Å². The van der Waals surface area contributed by atoms with Crippen LogP contribution in [0.5, 0.6) is 0 Å². The lowest BCUT2D eigenvalue weighted by Gasteiger charge is -2.23. The Morgan fingerprint density at radius 1 is 1.03 bits per heavy atom. The van der Waals surface area contributed by atoms with E-state index in [0.29, 0.717) is 10.0 Å². The van der Waals surface area contributed by atoms with Gasteiger partial charge in [0.2, 0.25) is 0 Å². The van der Waals surface area contributed by atoms with Crippen LogP contribution < -0.4 is 5.32 Å². The van der Waals surface area contributed by atoms with Crippen LogP contribution in [0.25, 0.3) is 11.3 Å². The van der Waals surface area contributed by atoms with Crippen LogP contribution in [0.2, 0.25) is 10.0 Å². The molecule has 4 rings (SSSR count). The van der Waals surface area contributed by atoms with E-state index in [0.717, 1.165) is 47.7 Å². The van der Waals surface area contributed by atoms with Gasteiger partial charge in [0.25, 0.3) is 0 Å². The SMILES string of the molecule is CCc1nc(-c2ccc(Cl)cc2Cl)c(CC)nc1NC1c2ccccc2C[C@H]1OC. The summed E-state index contributed by atoms with van der Waals surface area (Å²) < 4.78 is 5.79. The van der Waals surface area contributed by atoms with E-state index in [4.69, 9.17) is 37.9 Å². The molecular weight excluding hydrogens is 417 g/mol. The molecule has 0 saturated carbocycles. The summed E-state index contributed by atoms with van der Waals surface area (Å²) in [5, 5.41) is 4.83. The molecule has 30 heavy (non-hydrogen) atoms. The molecule has 2 aromatic carbocycles. The summed E-state index contributed by atoms with van der Waals surface area (Å²) in [6.07, 6.45) is 2.45. The maximum atomic E-state index is 6.48. The minimum Gasteiger partial charge on any atom is -0.379 e. The number of anilines is 1. The van der Waals surface area contributed by atoms with Crippen LogP contribution in [0.4, 0.5) is 5.82 Å². The van der Waals surface area contributed by atoms with Crippen molar-refractivity contribution >= 4 is 29.0 Å². The minimum atomic E-state index is 0.0421. The Hall–Kier alpha value is -2.14. The first kappa shape index (κ1) is 21.1. The molecule has 1 aliphatic rings. The quantitative estimate of drug-likeness (QED) is 0.487. The Labute approximate surface area is 187 Å². The number of aryl methyl sites for hydroxylation is 2. The third-order valence-corrected chi connectivity index (χ3v) is 6.22. The zero-order valence-electron chi connectivity index (χ0n) is 17.4. The van der Waals surface area contributed by atoms with E-state index in [2.05, 4.69) is 43.4 Å². The fraction of sp³-hybridized carbons (Fsp3) is 0.333. The standard InChI is InChI=1S/C24H25Cl2N3O/c1-4-19-22(17-11-10-15(25)13-18(17)26)27-20(5-2)24(28-19)29-23-16-9-7-6-8-14(16)12-21(23)30-3/h6-11,13,21,23H,4-5,12H2,1-3H3,(H,28,29)/t21-,23?/m1/s1. The second-order valence-electron chi connectivity index (χ2n) is 7.44. The Balaban J connectivity index is 1.76. The van der Waals surface area contributed by atoms with E-state index in [1.54, 1.807) is 13.2 Å². The topological polar surface area (TPSA) is 47.0 Å². The summed E-state index contributed by atoms with van der Waals surface area (Å²) in [6, 6.07) is 14.0. The third kappa shape index (κ3) is 3.92. The zero-order valence-corrected chi connectivity index (χ0v) is 18.9. The number of benzene rings is 2. The van der Waals surface area contributed by atoms with Crippen LogP contribution in [-0.4, -0.2) is 23.2 Å². The van der Waals surface area contributed by atoms with E-state index in [-0.39, 0.29) is 12.1 Å². The Kier molecular flexibility index (Phi) is 6.28. The highest BCUT2D eigenvalue weighted by atomic mass is 35.5. The number of aromatic nitrogens is 2. The molecule has 2 atom stereocenters. The smallest absolute Gasteiger partial charge is 0.148 e. The summed E-state index contributed by atoms with van der Waals surface area (Å²) in [5.41, 5.74) is 6.06. The van der Waals surface area contributed by atoms with E-state index in [9.17, 15) is 0 Å². The highest BCUT2D eigenvalue weighted by Crippen LogP contribution is 2.37.